The van der Waals surface area contributed by atoms with Gasteiger partial charge in [0.2, 0.25) is 10.0 Å². The molecule has 2 aromatic carbocycles. The molecule has 0 saturated carbocycles. The Bertz CT molecular complexity index is 758. The van der Waals surface area contributed by atoms with Gasteiger partial charge >= 0.3 is 0 Å². The van der Waals surface area contributed by atoms with Gasteiger partial charge in [-0.05, 0) is 36.4 Å². The molecule has 0 aliphatic heterocycles. The number of benzene rings is 2. The van der Waals surface area contributed by atoms with Crippen molar-refractivity contribution in [3.63, 3.8) is 0 Å². The Morgan fingerprint density at radius 1 is 1.10 bits per heavy atom. The molecule has 0 radical (unpaired) electrons. The Hall–Kier alpha value is -1.48. The van der Waals surface area contributed by atoms with Crippen LogP contribution in [0, 0.1) is 0 Å². The van der Waals surface area contributed by atoms with Gasteiger partial charge in [0, 0.05) is 10.6 Å². The largest absolute Gasteiger partial charge is 0.322 e. The summed E-state index contributed by atoms with van der Waals surface area (Å²) in [6.07, 6.45) is 0. The first kappa shape index (κ1) is 15.9. The highest BCUT2D eigenvalue weighted by Gasteiger charge is 2.12. The molecule has 3 N–H and O–H groups in total. The molecule has 2 rings (SSSR count). The number of nitrogens with one attached hydrogen (secondary N) is 1. The SMILES string of the molecule is NS(=O)(=O)c1ccc(NC(=O)c2ccccc2SS)cc1. The fourth-order valence-corrected chi connectivity index (χ4v) is 3.05. The lowest BCUT2D eigenvalue weighted by Gasteiger charge is -2.08. The highest BCUT2D eigenvalue weighted by Crippen LogP contribution is 2.26. The summed E-state index contributed by atoms with van der Waals surface area (Å²) >= 11 is 4.10. The fraction of sp³-hybridized carbons (Fsp3) is 0. The monoisotopic (exact) mass is 340 g/mol. The van der Waals surface area contributed by atoms with Crippen molar-refractivity contribution in [1.82, 2.24) is 0 Å². The third-order valence-corrected chi connectivity index (χ3v) is 4.74. The van der Waals surface area contributed by atoms with Crippen molar-refractivity contribution < 1.29 is 13.2 Å². The zero-order chi connectivity index (χ0) is 15.5. The molecule has 5 nitrogen and oxygen atoms in total. The molecule has 0 unspecified atom stereocenters. The maximum absolute atomic E-state index is 12.2. The molecule has 110 valence electrons. The third-order valence-electron chi connectivity index (χ3n) is 2.67. The Labute approximate surface area is 131 Å². The van der Waals surface area contributed by atoms with E-state index in [4.69, 9.17) is 5.14 Å². The van der Waals surface area contributed by atoms with E-state index in [-0.39, 0.29) is 10.8 Å². The molecule has 0 aromatic heterocycles. The Balaban J connectivity index is 2.20. The van der Waals surface area contributed by atoms with E-state index < -0.39 is 10.0 Å². The molecule has 2 aromatic rings. The van der Waals surface area contributed by atoms with Crippen molar-refractivity contribution in [2.45, 2.75) is 9.79 Å². The third kappa shape index (κ3) is 4.01. The molecule has 8 heteroatoms. The predicted octanol–water partition coefficient (Wildman–Crippen LogP) is 2.52. The van der Waals surface area contributed by atoms with Crippen LogP contribution in [0.3, 0.4) is 0 Å². The van der Waals surface area contributed by atoms with E-state index >= 15 is 0 Å². The summed E-state index contributed by atoms with van der Waals surface area (Å²) in [7, 11) is -2.56. The molecular weight excluding hydrogens is 328 g/mol. The highest BCUT2D eigenvalue weighted by molar-refractivity contribution is 8.68. The van der Waals surface area contributed by atoms with Crippen molar-refractivity contribution in [1.29, 1.82) is 0 Å². The van der Waals surface area contributed by atoms with Crippen LogP contribution in [-0.4, -0.2) is 14.3 Å². The standard InChI is InChI=1S/C13H12N2O3S3/c14-21(17,18)10-7-5-9(6-8-10)15-13(16)11-3-1-2-4-12(11)20-19/h1-8,19H,(H,15,16)(H2,14,17,18). The van der Waals surface area contributed by atoms with E-state index in [1.807, 2.05) is 6.07 Å². The van der Waals surface area contributed by atoms with Crippen LogP contribution in [0.2, 0.25) is 0 Å². The summed E-state index contributed by atoms with van der Waals surface area (Å²) < 4.78 is 22.3. The number of primary sulfonamides is 1. The average Bonchev–Trinajstić information content (AvgIpc) is 2.46. The quantitative estimate of drug-likeness (QED) is 0.589. The van der Waals surface area contributed by atoms with Crippen molar-refractivity contribution in [3.8, 4) is 0 Å². The number of rotatable bonds is 4. The lowest BCUT2D eigenvalue weighted by atomic mass is 10.2. The van der Waals surface area contributed by atoms with Crippen molar-refractivity contribution in [2.24, 2.45) is 5.14 Å². The Morgan fingerprint density at radius 3 is 2.29 bits per heavy atom. The molecule has 0 spiro atoms. The topological polar surface area (TPSA) is 89.3 Å². The molecular formula is C13H12N2O3S3. The summed E-state index contributed by atoms with van der Waals surface area (Å²) in [5.74, 6) is -0.296. The van der Waals surface area contributed by atoms with Crippen molar-refractivity contribution in [3.05, 3.63) is 54.1 Å². The molecule has 0 saturated heterocycles. The number of anilines is 1. The van der Waals surface area contributed by atoms with Crippen LogP contribution in [0.4, 0.5) is 5.69 Å². The fourth-order valence-electron chi connectivity index (χ4n) is 1.66. The van der Waals surface area contributed by atoms with Crippen LogP contribution in [0.5, 0.6) is 0 Å². The second-order valence-electron chi connectivity index (χ2n) is 4.11. The summed E-state index contributed by atoms with van der Waals surface area (Å²) in [4.78, 5) is 12.9. The van der Waals surface area contributed by atoms with E-state index in [2.05, 4.69) is 17.0 Å². The van der Waals surface area contributed by atoms with Crippen molar-refractivity contribution in [2.75, 3.05) is 5.32 Å². The summed E-state index contributed by atoms with van der Waals surface area (Å²) in [5.41, 5.74) is 0.972. The maximum atomic E-state index is 12.2. The van der Waals surface area contributed by atoms with Gasteiger partial charge in [0.05, 0.1) is 10.5 Å². The van der Waals surface area contributed by atoms with E-state index in [1.54, 1.807) is 18.2 Å². The lowest BCUT2D eigenvalue weighted by Crippen LogP contribution is -2.14. The zero-order valence-electron chi connectivity index (χ0n) is 10.7. The summed E-state index contributed by atoms with van der Waals surface area (Å²) in [6.45, 7) is 0. The molecule has 21 heavy (non-hydrogen) atoms. The van der Waals surface area contributed by atoms with Crippen molar-refractivity contribution >= 4 is 44.1 Å². The van der Waals surface area contributed by atoms with Gasteiger partial charge in [0.1, 0.15) is 0 Å². The molecule has 0 atom stereocenters. The van der Waals surface area contributed by atoms with Gasteiger partial charge in [-0.1, -0.05) is 22.9 Å². The van der Waals surface area contributed by atoms with Crippen LogP contribution in [0.15, 0.2) is 58.3 Å². The smallest absolute Gasteiger partial charge is 0.256 e. The van der Waals surface area contributed by atoms with Gasteiger partial charge in [-0.15, -0.1) is 11.7 Å². The molecule has 0 aliphatic carbocycles. The normalized spacial score (nSPS) is 11.1. The van der Waals surface area contributed by atoms with Gasteiger partial charge in [-0.3, -0.25) is 4.79 Å². The van der Waals surface area contributed by atoms with Gasteiger partial charge in [-0.25, -0.2) is 13.6 Å². The Kier molecular flexibility index (Phi) is 4.94. The minimum Gasteiger partial charge on any atom is -0.322 e. The predicted molar refractivity (Wildman–Crippen MR) is 87.1 cm³/mol. The van der Waals surface area contributed by atoms with Gasteiger partial charge in [0.25, 0.3) is 5.91 Å². The van der Waals surface area contributed by atoms with Crippen LogP contribution >= 0.6 is 22.5 Å². The number of amides is 1. The van der Waals surface area contributed by atoms with Crippen LogP contribution < -0.4 is 10.5 Å². The van der Waals surface area contributed by atoms with E-state index in [1.165, 1.54) is 35.1 Å². The number of thiol groups is 1. The molecule has 1 amide bonds. The van der Waals surface area contributed by atoms with E-state index in [0.717, 1.165) is 4.90 Å². The maximum Gasteiger partial charge on any atom is 0.256 e. The number of sulfonamides is 1. The molecule has 0 fully saturated rings. The first-order chi connectivity index (χ1) is 9.91. The second-order valence-corrected chi connectivity index (χ2v) is 6.84. The number of hydrogen-bond acceptors (Lipinski definition) is 5. The van der Waals surface area contributed by atoms with Crippen LogP contribution in [0.25, 0.3) is 0 Å². The first-order valence-electron chi connectivity index (χ1n) is 5.76. The number of carbonyl (C=O) groups excluding carboxylic acids is 1. The first-order valence-corrected chi connectivity index (χ1v) is 9.18. The summed E-state index contributed by atoms with van der Waals surface area (Å²) in [6, 6.07) is 12.7. The van der Waals surface area contributed by atoms with Crippen LogP contribution in [0.1, 0.15) is 10.4 Å². The number of carbonyl (C=O) groups is 1. The highest BCUT2D eigenvalue weighted by atomic mass is 33.1. The van der Waals surface area contributed by atoms with Gasteiger partial charge in [0.15, 0.2) is 0 Å². The minimum absolute atomic E-state index is 0.00758. The van der Waals surface area contributed by atoms with Gasteiger partial charge in [-0.2, -0.15) is 0 Å². The molecule has 0 bridgehead atoms. The van der Waals surface area contributed by atoms with Gasteiger partial charge < -0.3 is 5.32 Å². The molecule has 0 heterocycles. The second kappa shape index (κ2) is 6.52. The van der Waals surface area contributed by atoms with Crippen LogP contribution in [-0.2, 0) is 10.0 Å². The number of hydrogen-bond donors (Lipinski definition) is 3. The van der Waals surface area contributed by atoms with E-state index in [9.17, 15) is 13.2 Å². The average molecular weight is 340 g/mol. The molecule has 0 aliphatic rings. The Morgan fingerprint density at radius 2 is 1.71 bits per heavy atom. The zero-order valence-corrected chi connectivity index (χ0v) is 13.2. The summed E-state index contributed by atoms with van der Waals surface area (Å²) in [5, 5.41) is 7.70. The number of nitrogens with two attached hydrogens (primary N) is 1. The minimum atomic E-state index is -3.74. The lowest BCUT2D eigenvalue weighted by molar-refractivity contribution is 0.102. The van der Waals surface area contributed by atoms with E-state index in [0.29, 0.717) is 11.3 Å².